The lowest BCUT2D eigenvalue weighted by Gasteiger charge is -2.34. The number of esters is 1. The van der Waals surface area contributed by atoms with Crippen molar-refractivity contribution in [1.82, 2.24) is 5.32 Å². The first kappa shape index (κ1) is 27.0. The number of rotatable bonds is 7. The summed E-state index contributed by atoms with van der Waals surface area (Å²) < 4.78 is 43.4. The summed E-state index contributed by atoms with van der Waals surface area (Å²) in [6.07, 6.45) is 1.74. The molecule has 8 heteroatoms. The van der Waals surface area contributed by atoms with Crippen LogP contribution in [0, 0.1) is 18.8 Å². The van der Waals surface area contributed by atoms with E-state index in [0.29, 0.717) is 37.4 Å². The standard InChI is InChI=1S/C29H35F3N2O3/c1-19-6-13-25(28(36)37-2)22(18-19)8-7-20-4-3-5-26(20)33-27(35)21-14-16-34(17-15-21)24-11-9-23(10-12-24)29(30,31)32/h6,9-13,18,20-21,26H,3-5,7-8,14-17H2,1-2H3,(H,33,35)/t20-,26-/m0/s1. The number of nitrogens with zero attached hydrogens (tertiary/aromatic N) is 1. The summed E-state index contributed by atoms with van der Waals surface area (Å²) in [6.45, 7) is 3.29. The van der Waals surface area contributed by atoms with Crippen LogP contribution in [0.1, 0.15) is 65.6 Å². The molecule has 2 aliphatic rings. The van der Waals surface area contributed by atoms with Crippen molar-refractivity contribution in [3.63, 3.8) is 0 Å². The second-order valence-electron chi connectivity index (χ2n) is 10.3. The van der Waals surface area contributed by atoms with Crippen molar-refractivity contribution >= 4 is 17.6 Å². The van der Waals surface area contributed by atoms with Crippen molar-refractivity contribution in [2.75, 3.05) is 25.1 Å². The lowest BCUT2D eigenvalue weighted by molar-refractivity contribution is -0.137. The highest BCUT2D eigenvalue weighted by atomic mass is 19.4. The summed E-state index contributed by atoms with van der Waals surface area (Å²) >= 11 is 0. The third-order valence-electron chi connectivity index (χ3n) is 7.86. The molecule has 0 unspecified atom stereocenters. The maximum Gasteiger partial charge on any atom is 0.416 e. The van der Waals surface area contributed by atoms with E-state index in [-0.39, 0.29) is 23.8 Å². The van der Waals surface area contributed by atoms with Gasteiger partial charge in [0.05, 0.1) is 18.2 Å². The molecule has 1 saturated heterocycles. The van der Waals surface area contributed by atoms with Crippen molar-refractivity contribution in [3.05, 3.63) is 64.7 Å². The average Bonchev–Trinajstić information content (AvgIpc) is 3.33. The number of carbonyl (C=O) groups is 2. The minimum absolute atomic E-state index is 0.0785. The molecular weight excluding hydrogens is 481 g/mol. The van der Waals surface area contributed by atoms with Gasteiger partial charge in [0, 0.05) is 30.7 Å². The average molecular weight is 517 g/mol. The van der Waals surface area contributed by atoms with Crippen LogP contribution < -0.4 is 10.2 Å². The van der Waals surface area contributed by atoms with E-state index < -0.39 is 11.7 Å². The highest BCUT2D eigenvalue weighted by Gasteiger charge is 2.33. The van der Waals surface area contributed by atoms with Crippen molar-refractivity contribution in [2.45, 2.75) is 64.1 Å². The van der Waals surface area contributed by atoms with E-state index in [0.717, 1.165) is 61.1 Å². The summed E-state index contributed by atoms with van der Waals surface area (Å²) in [5, 5.41) is 3.30. The zero-order chi connectivity index (χ0) is 26.6. The topological polar surface area (TPSA) is 58.6 Å². The van der Waals surface area contributed by atoms with Gasteiger partial charge in [-0.3, -0.25) is 4.79 Å². The Balaban J connectivity index is 1.29. The Hall–Kier alpha value is -3.03. The third kappa shape index (κ3) is 6.65. The number of benzene rings is 2. The molecule has 200 valence electrons. The summed E-state index contributed by atoms with van der Waals surface area (Å²) in [7, 11) is 1.39. The zero-order valence-corrected chi connectivity index (χ0v) is 21.4. The van der Waals surface area contributed by atoms with Gasteiger partial charge in [-0.1, -0.05) is 24.1 Å². The van der Waals surface area contributed by atoms with Gasteiger partial charge >= 0.3 is 12.1 Å². The SMILES string of the molecule is COC(=O)c1ccc(C)cc1CC[C@@H]1CCC[C@@H]1NC(=O)C1CCN(c2ccc(C(F)(F)F)cc2)CC1. The Morgan fingerprint density at radius 3 is 2.38 bits per heavy atom. The molecule has 1 N–H and O–H groups in total. The molecule has 0 radical (unpaired) electrons. The lowest BCUT2D eigenvalue weighted by Crippen LogP contribution is -2.45. The Morgan fingerprint density at radius 1 is 1.03 bits per heavy atom. The number of hydrogen-bond acceptors (Lipinski definition) is 4. The number of aryl methyl sites for hydroxylation is 2. The lowest BCUT2D eigenvalue weighted by atomic mass is 9.91. The van der Waals surface area contributed by atoms with E-state index in [9.17, 15) is 22.8 Å². The number of piperidine rings is 1. The van der Waals surface area contributed by atoms with Gasteiger partial charge in [0.15, 0.2) is 0 Å². The summed E-state index contributed by atoms with van der Waals surface area (Å²) in [6, 6.07) is 11.1. The van der Waals surface area contributed by atoms with Crippen LogP contribution >= 0.6 is 0 Å². The van der Waals surface area contributed by atoms with Crippen LogP contribution in [0.3, 0.4) is 0 Å². The van der Waals surface area contributed by atoms with E-state index in [1.165, 1.54) is 19.2 Å². The molecule has 1 aliphatic heterocycles. The molecule has 1 heterocycles. The predicted molar refractivity (Wildman–Crippen MR) is 136 cm³/mol. The summed E-state index contributed by atoms with van der Waals surface area (Å²) in [5.74, 6) is 0.0283. The van der Waals surface area contributed by atoms with Crippen LogP contribution in [0.2, 0.25) is 0 Å². The van der Waals surface area contributed by atoms with Crippen molar-refractivity contribution < 1.29 is 27.5 Å². The van der Waals surface area contributed by atoms with Crippen LogP contribution in [0.15, 0.2) is 42.5 Å². The fraction of sp³-hybridized carbons (Fsp3) is 0.517. The minimum atomic E-state index is -4.34. The van der Waals surface area contributed by atoms with Gasteiger partial charge in [0.1, 0.15) is 0 Å². The molecule has 5 nitrogen and oxygen atoms in total. The molecule has 2 aromatic carbocycles. The molecule has 2 fully saturated rings. The molecular formula is C29H35F3N2O3. The second-order valence-corrected chi connectivity index (χ2v) is 10.3. The minimum Gasteiger partial charge on any atom is -0.465 e. The van der Waals surface area contributed by atoms with Gasteiger partial charge in [-0.15, -0.1) is 0 Å². The number of methoxy groups -OCH3 is 1. The number of ether oxygens (including phenoxy) is 1. The van der Waals surface area contributed by atoms with Crippen LogP contribution in [-0.2, 0) is 22.1 Å². The smallest absolute Gasteiger partial charge is 0.416 e. The molecule has 1 amide bonds. The first-order valence-corrected chi connectivity index (χ1v) is 13.1. The predicted octanol–water partition coefficient (Wildman–Crippen LogP) is 5.93. The number of carbonyl (C=O) groups excluding carboxylic acids is 2. The van der Waals surface area contributed by atoms with Crippen molar-refractivity contribution in [2.24, 2.45) is 11.8 Å². The van der Waals surface area contributed by atoms with E-state index in [2.05, 4.69) is 5.32 Å². The molecule has 4 rings (SSSR count). The molecule has 0 bridgehead atoms. The third-order valence-corrected chi connectivity index (χ3v) is 7.86. The van der Waals surface area contributed by atoms with Gasteiger partial charge in [-0.2, -0.15) is 13.2 Å². The normalized spacial score (nSPS) is 20.6. The van der Waals surface area contributed by atoms with E-state index >= 15 is 0 Å². The van der Waals surface area contributed by atoms with Crippen LogP contribution in [0.5, 0.6) is 0 Å². The molecule has 0 aromatic heterocycles. The van der Waals surface area contributed by atoms with E-state index in [4.69, 9.17) is 4.74 Å². The highest BCUT2D eigenvalue weighted by Crippen LogP contribution is 2.33. The molecule has 2 aromatic rings. The monoisotopic (exact) mass is 516 g/mol. The Morgan fingerprint density at radius 2 is 1.73 bits per heavy atom. The Labute approximate surface area is 216 Å². The van der Waals surface area contributed by atoms with Gasteiger partial charge in [0.25, 0.3) is 0 Å². The van der Waals surface area contributed by atoms with E-state index in [1.54, 1.807) is 0 Å². The van der Waals surface area contributed by atoms with E-state index in [1.807, 2.05) is 30.0 Å². The van der Waals surface area contributed by atoms with Crippen LogP contribution in [0.4, 0.5) is 18.9 Å². The van der Waals surface area contributed by atoms with Gasteiger partial charge in [-0.05, 0) is 87.3 Å². The fourth-order valence-electron chi connectivity index (χ4n) is 5.71. The first-order valence-electron chi connectivity index (χ1n) is 13.1. The molecule has 0 spiro atoms. The molecule has 2 atom stereocenters. The van der Waals surface area contributed by atoms with Gasteiger partial charge in [-0.25, -0.2) is 4.79 Å². The van der Waals surface area contributed by atoms with Crippen molar-refractivity contribution in [1.29, 1.82) is 0 Å². The maximum absolute atomic E-state index is 13.1. The maximum atomic E-state index is 13.1. The Kier molecular flexibility index (Phi) is 8.45. The molecule has 1 saturated carbocycles. The fourth-order valence-corrected chi connectivity index (χ4v) is 5.71. The van der Waals surface area contributed by atoms with Crippen LogP contribution in [0.25, 0.3) is 0 Å². The number of amides is 1. The summed E-state index contributed by atoms with van der Waals surface area (Å²) in [4.78, 5) is 27.3. The second kappa shape index (κ2) is 11.6. The molecule has 1 aliphatic carbocycles. The number of alkyl halides is 3. The largest absolute Gasteiger partial charge is 0.465 e. The number of nitrogens with one attached hydrogen (secondary N) is 1. The highest BCUT2D eigenvalue weighted by molar-refractivity contribution is 5.91. The first-order chi connectivity index (χ1) is 17.7. The zero-order valence-electron chi connectivity index (χ0n) is 21.4. The quantitative estimate of drug-likeness (QED) is 0.463. The van der Waals surface area contributed by atoms with Gasteiger partial charge in [0.2, 0.25) is 5.91 Å². The summed E-state index contributed by atoms with van der Waals surface area (Å²) in [5.41, 5.74) is 2.79. The number of hydrogen-bond donors (Lipinski definition) is 1. The number of halogens is 3. The van der Waals surface area contributed by atoms with Crippen LogP contribution in [-0.4, -0.2) is 38.1 Å². The molecule has 37 heavy (non-hydrogen) atoms. The Bertz CT molecular complexity index is 1090. The van der Waals surface area contributed by atoms with Crippen molar-refractivity contribution in [3.8, 4) is 0 Å². The van der Waals surface area contributed by atoms with Gasteiger partial charge < -0.3 is 15.0 Å². The number of anilines is 1.